The molecule has 1 aliphatic rings. The molecule has 0 saturated carbocycles. The van der Waals surface area contributed by atoms with Crippen molar-refractivity contribution >= 4 is 39.1 Å². The van der Waals surface area contributed by atoms with Crippen molar-refractivity contribution in [1.29, 1.82) is 0 Å². The lowest BCUT2D eigenvalue weighted by Gasteiger charge is -2.33. The summed E-state index contributed by atoms with van der Waals surface area (Å²) in [6.07, 6.45) is 5.94. The van der Waals surface area contributed by atoms with E-state index in [2.05, 4.69) is 21.9 Å². The van der Waals surface area contributed by atoms with E-state index in [0.717, 1.165) is 19.5 Å². The molecule has 1 amide bonds. The van der Waals surface area contributed by atoms with Gasteiger partial charge in [-0.2, -0.15) is 0 Å². The van der Waals surface area contributed by atoms with Gasteiger partial charge in [-0.15, -0.1) is 0 Å². The van der Waals surface area contributed by atoms with Crippen molar-refractivity contribution in [3.63, 3.8) is 0 Å². The molecular formula is C21H27Cl2N3O4S. The van der Waals surface area contributed by atoms with E-state index in [9.17, 15) is 13.2 Å². The Hall–Kier alpha value is -1.58. The Balaban J connectivity index is 1.61. The number of carbonyl (C=O) groups is 1. The van der Waals surface area contributed by atoms with Crippen LogP contribution in [-0.2, 0) is 16.6 Å². The summed E-state index contributed by atoms with van der Waals surface area (Å²) in [5.41, 5.74) is 0.0655. The minimum absolute atomic E-state index is 0.0370. The lowest BCUT2D eigenvalue weighted by Crippen LogP contribution is -2.39. The second-order valence-corrected chi connectivity index (χ2v) is 10.2. The van der Waals surface area contributed by atoms with Gasteiger partial charge in [0.1, 0.15) is 10.7 Å². The molecule has 1 fully saturated rings. The molecule has 1 aromatic heterocycles. The molecule has 0 radical (unpaired) electrons. The van der Waals surface area contributed by atoms with E-state index >= 15 is 0 Å². The third-order valence-electron chi connectivity index (χ3n) is 5.42. The van der Waals surface area contributed by atoms with E-state index in [1.807, 2.05) is 0 Å². The van der Waals surface area contributed by atoms with Gasteiger partial charge in [0.05, 0.1) is 28.4 Å². The van der Waals surface area contributed by atoms with Crippen LogP contribution in [0.25, 0.3) is 0 Å². The number of sulfonamides is 1. The Bertz CT molecular complexity index is 996. The molecule has 0 aliphatic carbocycles. The molecule has 1 aromatic carbocycles. The first-order chi connectivity index (χ1) is 14.8. The standard InChI is InChI=1S/C21H27Cl2N3O4S/c1-15-6-2-3-9-26(15)10-5-8-24-21(27)17-12-20(19(23)13-18(17)22)31(28,29)25-14-16-7-4-11-30-16/h4,7,11-13,15,25H,2-3,5-6,8-10,14H2,1H3,(H,24,27)/t15-/m0/s1. The van der Waals surface area contributed by atoms with Crippen molar-refractivity contribution in [2.75, 3.05) is 19.6 Å². The van der Waals surface area contributed by atoms with Gasteiger partial charge in [-0.25, -0.2) is 13.1 Å². The monoisotopic (exact) mass is 487 g/mol. The first-order valence-electron chi connectivity index (χ1n) is 10.3. The van der Waals surface area contributed by atoms with E-state index < -0.39 is 15.9 Å². The second-order valence-electron chi connectivity index (χ2n) is 7.66. The zero-order valence-corrected chi connectivity index (χ0v) is 19.7. The van der Waals surface area contributed by atoms with Crippen molar-refractivity contribution in [1.82, 2.24) is 14.9 Å². The summed E-state index contributed by atoms with van der Waals surface area (Å²) in [4.78, 5) is 14.9. The topological polar surface area (TPSA) is 91.7 Å². The Morgan fingerprint density at radius 3 is 2.77 bits per heavy atom. The van der Waals surface area contributed by atoms with Crippen LogP contribution in [0.15, 0.2) is 39.8 Å². The van der Waals surface area contributed by atoms with Crippen LogP contribution < -0.4 is 10.0 Å². The fraction of sp³-hybridized carbons (Fsp3) is 0.476. The molecule has 0 unspecified atom stereocenters. The summed E-state index contributed by atoms with van der Waals surface area (Å²) in [6.45, 7) is 4.66. The number of hydrogen-bond donors (Lipinski definition) is 2. The molecule has 0 spiro atoms. The number of hydrogen-bond acceptors (Lipinski definition) is 5. The Labute approximate surface area is 193 Å². The van der Waals surface area contributed by atoms with Crippen molar-refractivity contribution in [2.24, 2.45) is 0 Å². The molecule has 1 saturated heterocycles. The van der Waals surface area contributed by atoms with E-state index in [-0.39, 0.29) is 27.0 Å². The lowest BCUT2D eigenvalue weighted by atomic mass is 10.0. The van der Waals surface area contributed by atoms with Crippen molar-refractivity contribution < 1.29 is 17.6 Å². The summed E-state index contributed by atoms with van der Waals surface area (Å²) in [6, 6.07) is 6.35. The van der Waals surface area contributed by atoms with Crippen LogP contribution in [0.3, 0.4) is 0 Å². The number of furan rings is 1. The van der Waals surface area contributed by atoms with E-state index in [0.29, 0.717) is 18.3 Å². The average Bonchev–Trinajstić information content (AvgIpc) is 3.24. The quantitative estimate of drug-likeness (QED) is 0.520. The zero-order valence-electron chi connectivity index (χ0n) is 17.4. The van der Waals surface area contributed by atoms with Crippen LogP contribution in [0.2, 0.25) is 10.0 Å². The predicted octanol–water partition coefficient (Wildman–Crippen LogP) is 4.06. The van der Waals surface area contributed by atoms with Gasteiger partial charge in [0.15, 0.2) is 0 Å². The van der Waals surface area contributed by atoms with Gasteiger partial charge in [0.25, 0.3) is 5.91 Å². The summed E-state index contributed by atoms with van der Waals surface area (Å²) in [5, 5.41) is 2.86. The Morgan fingerprint density at radius 1 is 1.26 bits per heavy atom. The molecule has 31 heavy (non-hydrogen) atoms. The maximum atomic E-state index is 12.7. The van der Waals surface area contributed by atoms with Gasteiger partial charge in [-0.1, -0.05) is 29.6 Å². The molecule has 1 aliphatic heterocycles. The first kappa shape index (κ1) is 24.1. The molecule has 2 N–H and O–H groups in total. The fourth-order valence-electron chi connectivity index (χ4n) is 3.64. The van der Waals surface area contributed by atoms with Gasteiger partial charge in [0.2, 0.25) is 10.0 Å². The molecule has 7 nitrogen and oxygen atoms in total. The third-order valence-corrected chi connectivity index (χ3v) is 7.60. The first-order valence-corrected chi connectivity index (χ1v) is 12.5. The van der Waals surface area contributed by atoms with Crippen LogP contribution in [0.1, 0.15) is 48.7 Å². The van der Waals surface area contributed by atoms with Crippen LogP contribution in [0, 0.1) is 0 Å². The minimum Gasteiger partial charge on any atom is -0.468 e. The zero-order chi connectivity index (χ0) is 22.4. The number of carbonyl (C=O) groups excluding carboxylic acids is 1. The normalized spacial score (nSPS) is 17.6. The lowest BCUT2D eigenvalue weighted by molar-refractivity contribution is 0.0949. The van der Waals surface area contributed by atoms with E-state index in [4.69, 9.17) is 27.6 Å². The smallest absolute Gasteiger partial charge is 0.252 e. The number of nitrogens with zero attached hydrogens (tertiary/aromatic N) is 1. The summed E-state index contributed by atoms with van der Waals surface area (Å²) in [7, 11) is -3.97. The minimum atomic E-state index is -3.97. The molecular weight excluding hydrogens is 461 g/mol. The van der Waals surface area contributed by atoms with Crippen molar-refractivity contribution in [3.8, 4) is 0 Å². The number of piperidine rings is 1. The molecule has 10 heteroatoms. The van der Waals surface area contributed by atoms with Crippen LogP contribution in [0.5, 0.6) is 0 Å². The van der Waals surface area contributed by atoms with Crippen molar-refractivity contribution in [2.45, 2.75) is 50.1 Å². The highest BCUT2D eigenvalue weighted by Crippen LogP contribution is 2.29. The van der Waals surface area contributed by atoms with Gasteiger partial charge in [0, 0.05) is 19.1 Å². The number of nitrogens with one attached hydrogen (secondary N) is 2. The van der Waals surface area contributed by atoms with Gasteiger partial charge >= 0.3 is 0 Å². The van der Waals surface area contributed by atoms with E-state index in [1.165, 1.54) is 37.7 Å². The summed E-state index contributed by atoms with van der Waals surface area (Å²) >= 11 is 12.3. The molecule has 0 bridgehead atoms. The Kier molecular flexibility index (Phi) is 8.41. The fourth-order valence-corrected chi connectivity index (χ4v) is 5.49. The summed E-state index contributed by atoms with van der Waals surface area (Å²) < 4.78 is 32.9. The largest absolute Gasteiger partial charge is 0.468 e. The van der Waals surface area contributed by atoms with Crippen LogP contribution in [0.4, 0.5) is 0 Å². The van der Waals surface area contributed by atoms with Crippen molar-refractivity contribution in [3.05, 3.63) is 51.9 Å². The maximum Gasteiger partial charge on any atom is 0.252 e. The second kappa shape index (κ2) is 10.8. The number of benzene rings is 1. The highest BCUT2D eigenvalue weighted by atomic mass is 35.5. The molecule has 2 aromatic rings. The molecule has 170 valence electrons. The van der Waals surface area contributed by atoms with Gasteiger partial charge in [-0.05, 0) is 57.0 Å². The van der Waals surface area contributed by atoms with Crippen LogP contribution in [-0.4, -0.2) is 44.9 Å². The third kappa shape index (κ3) is 6.46. The SMILES string of the molecule is C[C@H]1CCCCN1CCCNC(=O)c1cc(S(=O)(=O)NCc2ccco2)c(Cl)cc1Cl. The Morgan fingerprint density at radius 2 is 2.06 bits per heavy atom. The van der Waals surface area contributed by atoms with Crippen LogP contribution >= 0.6 is 23.2 Å². The molecule has 3 rings (SSSR count). The molecule has 2 heterocycles. The van der Waals surface area contributed by atoms with Gasteiger partial charge < -0.3 is 14.6 Å². The number of amides is 1. The summed E-state index contributed by atoms with van der Waals surface area (Å²) in [5.74, 6) is 0.0190. The number of halogens is 2. The number of rotatable bonds is 9. The van der Waals surface area contributed by atoms with Gasteiger partial charge in [-0.3, -0.25) is 4.79 Å². The maximum absolute atomic E-state index is 12.7. The molecule has 1 atom stereocenters. The highest BCUT2D eigenvalue weighted by molar-refractivity contribution is 7.89. The van der Waals surface area contributed by atoms with E-state index in [1.54, 1.807) is 12.1 Å². The predicted molar refractivity (Wildman–Crippen MR) is 121 cm³/mol. The highest BCUT2D eigenvalue weighted by Gasteiger charge is 2.23. The number of likely N-dealkylation sites (tertiary alicyclic amines) is 1. The average molecular weight is 488 g/mol.